The van der Waals surface area contributed by atoms with Crippen LogP contribution in [0.3, 0.4) is 0 Å². The van der Waals surface area contributed by atoms with E-state index < -0.39 is 0 Å². The second-order valence-electron chi connectivity index (χ2n) is 4.35. The third-order valence-electron chi connectivity index (χ3n) is 2.75. The van der Waals surface area contributed by atoms with Gasteiger partial charge in [-0.05, 0) is 38.1 Å². The number of piperazine rings is 1. The van der Waals surface area contributed by atoms with E-state index in [2.05, 4.69) is 36.2 Å². The summed E-state index contributed by atoms with van der Waals surface area (Å²) in [5.74, 6) is 0. The molecule has 0 aliphatic carbocycles. The minimum Gasteiger partial charge on any atom is -0.368 e. The Bertz CT molecular complexity index is 313. The van der Waals surface area contributed by atoms with E-state index in [0.29, 0.717) is 12.1 Å². The summed E-state index contributed by atoms with van der Waals surface area (Å²) in [7, 11) is 0. The zero-order valence-corrected chi connectivity index (χ0v) is 9.96. The molecule has 82 valence electrons. The Hall–Kier alpha value is -0.730. The quantitative estimate of drug-likeness (QED) is 0.789. The molecule has 0 aromatic heterocycles. The molecule has 1 fully saturated rings. The minimum absolute atomic E-state index is 0.546. The van der Waals surface area contributed by atoms with Gasteiger partial charge in [0.05, 0.1) is 0 Å². The molecule has 1 aromatic carbocycles. The molecule has 2 nitrogen and oxygen atoms in total. The van der Waals surface area contributed by atoms with E-state index >= 15 is 0 Å². The molecule has 0 unspecified atom stereocenters. The van der Waals surface area contributed by atoms with Crippen LogP contribution in [0.5, 0.6) is 0 Å². The molecule has 0 spiro atoms. The standard InChI is InChI=1S/C12H17ClN2/c1-9-7-15(8-10(2)14-9)12-5-3-11(13)4-6-12/h3-6,9-10,14H,7-8H2,1-2H3/t9-,10+. The maximum absolute atomic E-state index is 5.88. The zero-order chi connectivity index (χ0) is 10.8. The number of rotatable bonds is 1. The highest BCUT2D eigenvalue weighted by molar-refractivity contribution is 6.30. The van der Waals surface area contributed by atoms with Gasteiger partial charge in [0.1, 0.15) is 0 Å². The Morgan fingerprint density at radius 1 is 1.13 bits per heavy atom. The van der Waals surface area contributed by atoms with Gasteiger partial charge in [0.15, 0.2) is 0 Å². The average Bonchev–Trinajstić information content (AvgIpc) is 2.17. The van der Waals surface area contributed by atoms with E-state index in [1.807, 2.05) is 12.1 Å². The first-order valence-electron chi connectivity index (χ1n) is 5.41. The summed E-state index contributed by atoms with van der Waals surface area (Å²) in [5, 5.41) is 4.32. The van der Waals surface area contributed by atoms with Gasteiger partial charge >= 0.3 is 0 Å². The van der Waals surface area contributed by atoms with Gasteiger partial charge in [0.25, 0.3) is 0 Å². The molecule has 15 heavy (non-hydrogen) atoms. The highest BCUT2D eigenvalue weighted by Gasteiger charge is 2.20. The number of nitrogens with one attached hydrogen (secondary N) is 1. The molecule has 1 aliphatic heterocycles. The predicted octanol–water partition coefficient (Wildman–Crippen LogP) is 2.53. The maximum atomic E-state index is 5.88. The molecule has 1 aromatic rings. The van der Waals surface area contributed by atoms with Crippen LogP contribution in [0, 0.1) is 0 Å². The molecule has 0 amide bonds. The van der Waals surface area contributed by atoms with Crippen LogP contribution in [-0.2, 0) is 0 Å². The zero-order valence-electron chi connectivity index (χ0n) is 9.20. The van der Waals surface area contributed by atoms with Crippen molar-refractivity contribution in [1.82, 2.24) is 5.32 Å². The van der Waals surface area contributed by atoms with Crippen LogP contribution in [0.4, 0.5) is 5.69 Å². The van der Waals surface area contributed by atoms with Crippen molar-refractivity contribution in [3.8, 4) is 0 Å². The summed E-state index contributed by atoms with van der Waals surface area (Å²) >= 11 is 5.88. The number of hydrogen-bond acceptors (Lipinski definition) is 2. The Labute approximate surface area is 96.2 Å². The van der Waals surface area contributed by atoms with Gasteiger partial charge in [-0.15, -0.1) is 0 Å². The first kappa shape index (κ1) is 10.8. The second-order valence-corrected chi connectivity index (χ2v) is 4.79. The Balaban J connectivity index is 2.12. The molecule has 1 aliphatic rings. The van der Waals surface area contributed by atoms with E-state index in [1.165, 1.54) is 5.69 Å². The summed E-state index contributed by atoms with van der Waals surface area (Å²) < 4.78 is 0. The lowest BCUT2D eigenvalue weighted by atomic mass is 10.1. The van der Waals surface area contributed by atoms with Crippen LogP contribution >= 0.6 is 11.6 Å². The van der Waals surface area contributed by atoms with Crippen LogP contribution in [0.15, 0.2) is 24.3 Å². The highest BCUT2D eigenvalue weighted by Crippen LogP contribution is 2.20. The molecule has 0 saturated carbocycles. The van der Waals surface area contributed by atoms with Crippen LogP contribution in [0.25, 0.3) is 0 Å². The summed E-state index contributed by atoms with van der Waals surface area (Å²) in [4.78, 5) is 2.40. The maximum Gasteiger partial charge on any atom is 0.0407 e. The summed E-state index contributed by atoms with van der Waals surface area (Å²) in [5.41, 5.74) is 1.26. The molecule has 1 N–H and O–H groups in total. The van der Waals surface area contributed by atoms with E-state index in [9.17, 15) is 0 Å². The van der Waals surface area contributed by atoms with E-state index in [1.54, 1.807) is 0 Å². The predicted molar refractivity (Wildman–Crippen MR) is 65.7 cm³/mol. The molecular formula is C12H17ClN2. The van der Waals surface area contributed by atoms with Crippen LogP contribution in [-0.4, -0.2) is 25.2 Å². The number of halogens is 1. The number of benzene rings is 1. The molecule has 3 heteroatoms. The van der Waals surface area contributed by atoms with Crippen molar-refractivity contribution in [3.05, 3.63) is 29.3 Å². The topological polar surface area (TPSA) is 15.3 Å². The molecule has 2 atom stereocenters. The van der Waals surface area contributed by atoms with Gasteiger partial charge in [-0.25, -0.2) is 0 Å². The fourth-order valence-corrected chi connectivity index (χ4v) is 2.32. The van der Waals surface area contributed by atoms with Crippen molar-refractivity contribution in [2.24, 2.45) is 0 Å². The number of nitrogens with zero attached hydrogens (tertiary/aromatic N) is 1. The molecule has 0 bridgehead atoms. The van der Waals surface area contributed by atoms with E-state index in [-0.39, 0.29) is 0 Å². The SMILES string of the molecule is C[C@@H]1CN(c2ccc(Cl)cc2)C[C@H](C)N1. The minimum atomic E-state index is 0.546. The normalized spacial score (nSPS) is 26.7. The lowest BCUT2D eigenvalue weighted by molar-refractivity contribution is 0.407. The van der Waals surface area contributed by atoms with Crippen molar-refractivity contribution in [3.63, 3.8) is 0 Å². The lowest BCUT2D eigenvalue weighted by Crippen LogP contribution is -2.54. The first-order valence-corrected chi connectivity index (χ1v) is 5.79. The molecule has 1 saturated heterocycles. The molecule has 1 heterocycles. The van der Waals surface area contributed by atoms with Gasteiger partial charge in [0, 0.05) is 35.9 Å². The highest BCUT2D eigenvalue weighted by atomic mass is 35.5. The average molecular weight is 225 g/mol. The lowest BCUT2D eigenvalue weighted by Gasteiger charge is -2.37. The van der Waals surface area contributed by atoms with Crippen molar-refractivity contribution in [2.45, 2.75) is 25.9 Å². The van der Waals surface area contributed by atoms with E-state index in [0.717, 1.165) is 18.1 Å². The third kappa shape index (κ3) is 2.64. The number of hydrogen-bond donors (Lipinski definition) is 1. The summed E-state index contributed by atoms with van der Waals surface area (Å²) in [6.07, 6.45) is 0. The summed E-state index contributed by atoms with van der Waals surface area (Å²) in [6.45, 7) is 6.56. The van der Waals surface area contributed by atoms with Crippen molar-refractivity contribution in [2.75, 3.05) is 18.0 Å². The van der Waals surface area contributed by atoms with E-state index in [4.69, 9.17) is 11.6 Å². The summed E-state index contributed by atoms with van der Waals surface area (Å²) in [6, 6.07) is 9.18. The van der Waals surface area contributed by atoms with Crippen LogP contribution in [0.2, 0.25) is 5.02 Å². The van der Waals surface area contributed by atoms with Crippen molar-refractivity contribution < 1.29 is 0 Å². The first-order chi connectivity index (χ1) is 7.15. The monoisotopic (exact) mass is 224 g/mol. The Morgan fingerprint density at radius 3 is 2.20 bits per heavy atom. The number of anilines is 1. The van der Waals surface area contributed by atoms with Gasteiger partial charge in [-0.1, -0.05) is 11.6 Å². The van der Waals surface area contributed by atoms with Gasteiger partial charge in [-0.2, -0.15) is 0 Å². The largest absolute Gasteiger partial charge is 0.368 e. The molecule has 0 radical (unpaired) electrons. The van der Waals surface area contributed by atoms with Gasteiger partial charge < -0.3 is 10.2 Å². The fraction of sp³-hybridized carbons (Fsp3) is 0.500. The van der Waals surface area contributed by atoms with Crippen molar-refractivity contribution >= 4 is 17.3 Å². The smallest absolute Gasteiger partial charge is 0.0407 e. The third-order valence-corrected chi connectivity index (χ3v) is 3.00. The van der Waals surface area contributed by atoms with Crippen molar-refractivity contribution in [1.29, 1.82) is 0 Å². The molecule has 2 rings (SSSR count). The van der Waals surface area contributed by atoms with Crippen LogP contribution < -0.4 is 10.2 Å². The Morgan fingerprint density at radius 2 is 1.67 bits per heavy atom. The van der Waals surface area contributed by atoms with Gasteiger partial charge in [0.2, 0.25) is 0 Å². The second kappa shape index (κ2) is 4.42. The Kier molecular flexibility index (Phi) is 3.17. The van der Waals surface area contributed by atoms with Gasteiger partial charge in [-0.3, -0.25) is 0 Å². The fourth-order valence-electron chi connectivity index (χ4n) is 2.19. The van der Waals surface area contributed by atoms with Crippen LogP contribution in [0.1, 0.15) is 13.8 Å². The molecular weight excluding hydrogens is 208 g/mol.